The molecule has 3 N–H and O–H groups in total. The van der Waals surface area contributed by atoms with E-state index in [0.29, 0.717) is 25.9 Å². The lowest BCUT2D eigenvalue weighted by Gasteiger charge is -2.22. The molecule has 0 aliphatic carbocycles. The molecule has 0 aliphatic rings. The topological polar surface area (TPSA) is 95.9 Å². The molecule has 0 spiro atoms. The Morgan fingerprint density at radius 2 is 0.810 bits per heavy atom. The van der Waals surface area contributed by atoms with E-state index in [9.17, 15) is 19.8 Å². The van der Waals surface area contributed by atoms with Crippen molar-refractivity contribution < 1.29 is 24.5 Å². The minimum Gasteiger partial charge on any atom is -0.466 e. The smallest absolute Gasteiger partial charge is 0.305 e. The van der Waals surface area contributed by atoms with Crippen LogP contribution in [0.1, 0.15) is 284 Å². The third-order valence-electron chi connectivity index (χ3n) is 12.1. The first-order valence-electron chi connectivity index (χ1n) is 25.9. The summed E-state index contributed by atoms with van der Waals surface area (Å²) in [7, 11) is 0. The summed E-state index contributed by atoms with van der Waals surface area (Å²) in [5.74, 6) is -0.0480. The molecule has 0 bridgehead atoms. The standard InChI is InChI=1S/C52H101NO5/c1-3-5-7-9-11-13-15-21-26-30-34-38-42-46-52(57)58-47-43-39-35-31-27-23-20-18-16-17-19-22-25-29-33-37-41-45-51(56)53-49(48-54)50(55)44-40-36-32-28-24-14-12-10-8-6-4-2/h16,18,49-50,54-55H,3-15,17,19-48H2,1-2H3,(H,53,56)/b18-16-. The van der Waals surface area contributed by atoms with Crippen LogP contribution in [-0.2, 0) is 14.3 Å². The Hall–Kier alpha value is -1.40. The van der Waals surface area contributed by atoms with Gasteiger partial charge in [0.25, 0.3) is 0 Å². The van der Waals surface area contributed by atoms with Crippen LogP contribution in [0.5, 0.6) is 0 Å². The average Bonchev–Trinajstić information content (AvgIpc) is 3.22. The summed E-state index contributed by atoms with van der Waals surface area (Å²) in [6.45, 7) is 4.92. The fraction of sp³-hybridized carbons (Fsp3) is 0.923. The lowest BCUT2D eigenvalue weighted by Crippen LogP contribution is -2.45. The predicted octanol–water partition coefficient (Wildman–Crippen LogP) is 15.3. The van der Waals surface area contributed by atoms with Crippen LogP contribution < -0.4 is 5.32 Å². The van der Waals surface area contributed by atoms with Crippen molar-refractivity contribution in [1.82, 2.24) is 5.32 Å². The molecule has 0 aromatic heterocycles. The van der Waals surface area contributed by atoms with Crippen molar-refractivity contribution in [3.05, 3.63) is 12.2 Å². The molecule has 344 valence electrons. The first-order valence-corrected chi connectivity index (χ1v) is 25.9. The highest BCUT2D eigenvalue weighted by Gasteiger charge is 2.20. The Morgan fingerprint density at radius 1 is 0.466 bits per heavy atom. The van der Waals surface area contributed by atoms with Crippen molar-refractivity contribution in [2.75, 3.05) is 13.2 Å². The fourth-order valence-corrected chi connectivity index (χ4v) is 8.05. The third-order valence-corrected chi connectivity index (χ3v) is 12.1. The number of rotatable bonds is 48. The van der Waals surface area contributed by atoms with Gasteiger partial charge in [0.15, 0.2) is 0 Å². The molecule has 0 fully saturated rings. The van der Waals surface area contributed by atoms with E-state index in [-0.39, 0.29) is 18.5 Å². The lowest BCUT2D eigenvalue weighted by atomic mass is 10.0. The maximum atomic E-state index is 12.4. The number of hydrogen-bond acceptors (Lipinski definition) is 5. The van der Waals surface area contributed by atoms with E-state index >= 15 is 0 Å². The van der Waals surface area contributed by atoms with Gasteiger partial charge >= 0.3 is 5.97 Å². The van der Waals surface area contributed by atoms with Crippen molar-refractivity contribution in [1.29, 1.82) is 0 Å². The maximum absolute atomic E-state index is 12.4. The molecular formula is C52H101NO5. The van der Waals surface area contributed by atoms with E-state index in [1.807, 2.05) is 0 Å². The third kappa shape index (κ3) is 44.2. The summed E-state index contributed by atoms with van der Waals surface area (Å²) in [5.41, 5.74) is 0. The van der Waals surface area contributed by atoms with Gasteiger partial charge in [0.1, 0.15) is 0 Å². The number of nitrogens with one attached hydrogen (secondary N) is 1. The second kappa shape index (κ2) is 48.3. The number of aliphatic hydroxyl groups is 2. The van der Waals surface area contributed by atoms with Crippen LogP contribution in [0.3, 0.4) is 0 Å². The monoisotopic (exact) mass is 820 g/mol. The van der Waals surface area contributed by atoms with Gasteiger partial charge < -0.3 is 20.3 Å². The number of unbranched alkanes of at least 4 members (excludes halogenated alkanes) is 35. The van der Waals surface area contributed by atoms with Crippen molar-refractivity contribution in [3.8, 4) is 0 Å². The number of carbonyl (C=O) groups excluding carboxylic acids is 2. The van der Waals surface area contributed by atoms with E-state index in [0.717, 1.165) is 51.4 Å². The number of aliphatic hydroxyl groups excluding tert-OH is 2. The first kappa shape index (κ1) is 56.6. The zero-order chi connectivity index (χ0) is 42.3. The highest BCUT2D eigenvalue weighted by Crippen LogP contribution is 2.16. The number of allylic oxidation sites excluding steroid dienone is 2. The molecule has 6 nitrogen and oxygen atoms in total. The Kier molecular flexibility index (Phi) is 47.1. The zero-order valence-corrected chi connectivity index (χ0v) is 39.0. The summed E-state index contributed by atoms with van der Waals surface area (Å²) in [6.07, 6.45) is 54.7. The summed E-state index contributed by atoms with van der Waals surface area (Å²) in [6, 6.07) is -0.548. The van der Waals surface area contributed by atoms with Gasteiger partial charge in [0.05, 0.1) is 25.4 Å². The predicted molar refractivity (Wildman–Crippen MR) is 250 cm³/mol. The van der Waals surface area contributed by atoms with Crippen molar-refractivity contribution in [2.45, 2.75) is 296 Å². The molecule has 2 unspecified atom stereocenters. The van der Waals surface area contributed by atoms with Gasteiger partial charge in [-0.3, -0.25) is 9.59 Å². The minimum atomic E-state index is -0.669. The van der Waals surface area contributed by atoms with Crippen LogP contribution in [0.15, 0.2) is 12.2 Å². The van der Waals surface area contributed by atoms with Gasteiger partial charge in [0, 0.05) is 12.8 Å². The van der Waals surface area contributed by atoms with Crippen molar-refractivity contribution >= 4 is 11.9 Å². The number of amides is 1. The lowest BCUT2D eigenvalue weighted by molar-refractivity contribution is -0.143. The normalized spacial score (nSPS) is 12.7. The fourth-order valence-electron chi connectivity index (χ4n) is 8.05. The molecule has 6 heteroatoms. The Labute approximate surface area is 361 Å². The molecule has 0 rings (SSSR count). The Bertz CT molecular complexity index is 863. The van der Waals surface area contributed by atoms with Crippen molar-refractivity contribution in [3.63, 3.8) is 0 Å². The van der Waals surface area contributed by atoms with Crippen LogP contribution in [-0.4, -0.2) is 47.4 Å². The molecule has 2 atom stereocenters. The molecule has 0 aromatic carbocycles. The SMILES string of the molecule is CCCCCCCCCCCCCCCC(=O)OCCCCCCCC/C=C\CCCCCCCCCC(=O)NC(CO)C(O)CCCCCCCCCCCCC. The van der Waals surface area contributed by atoms with Crippen LogP contribution in [0, 0.1) is 0 Å². The van der Waals surface area contributed by atoms with Gasteiger partial charge in [-0.25, -0.2) is 0 Å². The van der Waals surface area contributed by atoms with Crippen molar-refractivity contribution in [2.24, 2.45) is 0 Å². The highest BCUT2D eigenvalue weighted by atomic mass is 16.5. The number of ether oxygens (including phenoxy) is 1. The maximum Gasteiger partial charge on any atom is 0.305 e. The largest absolute Gasteiger partial charge is 0.466 e. The number of hydrogen-bond donors (Lipinski definition) is 3. The first-order chi connectivity index (χ1) is 28.5. The minimum absolute atomic E-state index is 0.000334. The summed E-state index contributed by atoms with van der Waals surface area (Å²) < 4.78 is 5.46. The molecule has 0 saturated carbocycles. The molecule has 0 aromatic rings. The quantitative estimate of drug-likeness (QED) is 0.0323. The second-order valence-electron chi connectivity index (χ2n) is 17.9. The molecule has 0 radical (unpaired) electrons. The van der Waals surface area contributed by atoms with E-state index in [4.69, 9.17) is 4.74 Å². The van der Waals surface area contributed by atoms with E-state index in [2.05, 4.69) is 31.3 Å². The summed E-state index contributed by atoms with van der Waals surface area (Å²) in [5, 5.41) is 23.1. The van der Waals surface area contributed by atoms with Crippen LogP contribution in [0.25, 0.3) is 0 Å². The van der Waals surface area contributed by atoms with Gasteiger partial charge in [-0.1, -0.05) is 231 Å². The summed E-state index contributed by atoms with van der Waals surface area (Å²) in [4.78, 5) is 24.4. The highest BCUT2D eigenvalue weighted by molar-refractivity contribution is 5.76. The summed E-state index contributed by atoms with van der Waals surface area (Å²) >= 11 is 0. The van der Waals surface area contributed by atoms with Gasteiger partial charge in [-0.2, -0.15) is 0 Å². The van der Waals surface area contributed by atoms with Crippen LogP contribution in [0.4, 0.5) is 0 Å². The van der Waals surface area contributed by atoms with E-state index in [1.54, 1.807) is 0 Å². The molecule has 1 amide bonds. The zero-order valence-electron chi connectivity index (χ0n) is 39.0. The Morgan fingerprint density at radius 3 is 1.22 bits per heavy atom. The number of carbonyl (C=O) groups is 2. The van der Waals surface area contributed by atoms with Crippen LogP contribution in [0.2, 0.25) is 0 Å². The molecular weight excluding hydrogens is 719 g/mol. The second-order valence-corrected chi connectivity index (χ2v) is 17.9. The van der Waals surface area contributed by atoms with Crippen LogP contribution >= 0.6 is 0 Å². The average molecular weight is 820 g/mol. The van der Waals surface area contributed by atoms with E-state index < -0.39 is 12.1 Å². The molecule has 0 saturated heterocycles. The van der Waals surface area contributed by atoms with Gasteiger partial charge in [-0.15, -0.1) is 0 Å². The van der Waals surface area contributed by atoms with Gasteiger partial charge in [-0.05, 0) is 51.4 Å². The van der Waals surface area contributed by atoms with E-state index in [1.165, 1.54) is 199 Å². The number of esters is 1. The Balaban J connectivity index is 3.44. The molecule has 0 heterocycles. The van der Waals surface area contributed by atoms with Gasteiger partial charge in [0.2, 0.25) is 5.91 Å². The molecule has 58 heavy (non-hydrogen) atoms. The molecule has 0 aliphatic heterocycles.